The van der Waals surface area contributed by atoms with Crippen LogP contribution in [0.25, 0.3) is 0 Å². The Morgan fingerprint density at radius 1 is 1.00 bits per heavy atom. The van der Waals surface area contributed by atoms with Crippen LogP contribution in [0.5, 0.6) is 0 Å². The van der Waals surface area contributed by atoms with Gasteiger partial charge in [0.25, 0.3) is 15.9 Å². The predicted octanol–water partition coefficient (Wildman–Crippen LogP) is 3.74. The van der Waals surface area contributed by atoms with Gasteiger partial charge in [-0.1, -0.05) is 19.1 Å². The summed E-state index contributed by atoms with van der Waals surface area (Å²) in [6.07, 6.45) is 6.28. The SMILES string of the molecule is CCCNC(=O)C1CCN(C(=O)c2cccc(NS(=O)(=O)c3ccc4c(c3)CCCC4)c2)CC1. The van der Waals surface area contributed by atoms with Crippen molar-refractivity contribution in [3.8, 4) is 0 Å². The maximum atomic E-state index is 13.0. The van der Waals surface area contributed by atoms with Gasteiger partial charge in [0.15, 0.2) is 0 Å². The van der Waals surface area contributed by atoms with Crippen LogP contribution in [-0.4, -0.2) is 44.8 Å². The van der Waals surface area contributed by atoms with Crippen molar-refractivity contribution >= 4 is 27.5 Å². The summed E-state index contributed by atoms with van der Waals surface area (Å²) in [6, 6.07) is 11.9. The third-order valence-corrected chi connectivity index (χ3v) is 8.07. The van der Waals surface area contributed by atoms with E-state index in [-0.39, 0.29) is 22.6 Å². The summed E-state index contributed by atoms with van der Waals surface area (Å²) in [5, 5.41) is 2.93. The second kappa shape index (κ2) is 10.6. The van der Waals surface area contributed by atoms with E-state index < -0.39 is 10.0 Å². The van der Waals surface area contributed by atoms with Gasteiger partial charge in [-0.3, -0.25) is 14.3 Å². The van der Waals surface area contributed by atoms with Crippen LogP contribution in [0.4, 0.5) is 5.69 Å². The molecular formula is C26H33N3O4S. The number of nitrogens with zero attached hydrogens (tertiary/aromatic N) is 1. The Labute approximate surface area is 202 Å². The molecule has 0 unspecified atom stereocenters. The maximum absolute atomic E-state index is 13.0. The summed E-state index contributed by atoms with van der Waals surface area (Å²) in [5.41, 5.74) is 3.12. The van der Waals surface area contributed by atoms with Crippen molar-refractivity contribution in [2.75, 3.05) is 24.4 Å². The zero-order chi connectivity index (χ0) is 24.1. The summed E-state index contributed by atoms with van der Waals surface area (Å²) < 4.78 is 28.6. The van der Waals surface area contributed by atoms with Crippen molar-refractivity contribution in [1.82, 2.24) is 10.2 Å². The number of amides is 2. The molecule has 1 heterocycles. The molecule has 2 aromatic rings. The Kier molecular flexibility index (Phi) is 7.56. The number of rotatable bonds is 7. The Bertz CT molecular complexity index is 1150. The molecule has 0 bridgehead atoms. The van der Waals surface area contributed by atoms with Gasteiger partial charge in [0.05, 0.1) is 4.90 Å². The Hall–Kier alpha value is -2.87. The first-order chi connectivity index (χ1) is 16.4. The fourth-order valence-corrected chi connectivity index (χ4v) is 5.83. The number of hydrogen-bond acceptors (Lipinski definition) is 4. The number of piperidine rings is 1. The fourth-order valence-electron chi connectivity index (χ4n) is 4.73. The quantitative estimate of drug-likeness (QED) is 0.627. The number of carbonyl (C=O) groups excluding carboxylic acids is 2. The Balaban J connectivity index is 1.41. The Morgan fingerprint density at radius 3 is 2.47 bits per heavy atom. The lowest BCUT2D eigenvalue weighted by molar-refractivity contribution is -0.126. The van der Waals surface area contributed by atoms with Crippen molar-refractivity contribution in [2.45, 2.75) is 56.8 Å². The van der Waals surface area contributed by atoms with Gasteiger partial charge < -0.3 is 10.2 Å². The molecule has 8 heteroatoms. The molecule has 7 nitrogen and oxygen atoms in total. The van der Waals surface area contributed by atoms with Crippen LogP contribution < -0.4 is 10.0 Å². The van der Waals surface area contributed by atoms with E-state index in [0.717, 1.165) is 37.7 Å². The van der Waals surface area contributed by atoms with E-state index in [0.29, 0.717) is 43.7 Å². The first-order valence-electron chi connectivity index (χ1n) is 12.2. The normalized spacial score (nSPS) is 16.6. The minimum Gasteiger partial charge on any atom is -0.356 e. The van der Waals surface area contributed by atoms with Gasteiger partial charge >= 0.3 is 0 Å². The molecule has 1 aliphatic carbocycles. The number of likely N-dealkylation sites (tertiary alicyclic amines) is 1. The number of benzene rings is 2. The Morgan fingerprint density at radius 2 is 1.74 bits per heavy atom. The van der Waals surface area contributed by atoms with Crippen LogP contribution in [-0.2, 0) is 27.7 Å². The number of carbonyl (C=O) groups is 2. The van der Waals surface area contributed by atoms with Crippen LogP contribution in [0.1, 0.15) is 60.5 Å². The summed E-state index contributed by atoms with van der Waals surface area (Å²) in [5.74, 6) is -0.153. The molecule has 0 saturated carbocycles. The van der Waals surface area contributed by atoms with E-state index >= 15 is 0 Å². The minimum absolute atomic E-state index is 0.0625. The number of sulfonamides is 1. The lowest BCUT2D eigenvalue weighted by Crippen LogP contribution is -2.43. The van der Waals surface area contributed by atoms with E-state index in [1.54, 1.807) is 41.3 Å². The minimum atomic E-state index is -3.76. The first-order valence-corrected chi connectivity index (χ1v) is 13.7. The summed E-state index contributed by atoms with van der Waals surface area (Å²) in [6.45, 7) is 3.71. The lowest BCUT2D eigenvalue weighted by atomic mass is 9.92. The van der Waals surface area contributed by atoms with Crippen LogP contribution in [0, 0.1) is 5.92 Å². The summed E-state index contributed by atoms with van der Waals surface area (Å²) in [4.78, 5) is 27.2. The molecule has 34 heavy (non-hydrogen) atoms. The first kappa shape index (κ1) is 24.3. The molecule has 0 spiro atoms. The van der Waals surface area contributed by atoms with Crippen molar-refractivity contribution in [3.05, 3.63) is 59.2 Å². The molecule has 1 fully saturated rings. The molecule has 0 radical (unpaired) electrons. The van der Waals surface area contributed by atoms with Gasteiger partial charge in [-0.25, -0.2) is 8.42 Å². The molecule has 2 amide bonds. The molecule has 1 saturated heterocycles. The van der Waals surface area contributed by atoms with E-state index in [2.05, 4.69) is 10.0 Å². The van der Waals surface area contributed by atoms with Crippen LogP contribution >= 0.6 is 0 Å². The monoisotopic (exact) mass is 483 g/mol. The van der Waals surface area contributed by atoms with Gasteiger partial charge in [-0.05, 0) is 86.4 Å². The van der Waals surface area contributed by atoms with Crippen molar-refractivity contribution < 1.29 is 18.0 Å². The molecule has 0 aromatic heterocycles. The van der Waals surface area contributed by atoms with Gasteiger partial charge in [-0.2, -0.15) is 0 Å². The van der Waals surface area contributed by atoms with Gasteiger partial charge in [0.2, 0.25) is 5.91 Å². The second-order valence-corrected chi connectivity index (χ2v) is 10.9. The number of anilines is 1. The number of hydrogen-bond donors (Lipinski definition) is 2. The molecular weight excluding hydrogens is 450 g/mol. The van der Waals surface area contributed by atoms with Crippen LogP contribution in [0.15, 0.2) is 47.4 Å². The number of nitrogens with one attached hydrogen (secondary N) is 2. The zero-order valence-corrected chi connectivity index (χ0v) is 20.5. The van der Waals surface area contributed by atoms with Crippen molar-refractivity contribution in [3.63, 3.8) is 0 Å². The van der Waals surface area contributed by atoms with Gasteiger partial charge in [-0.15, -0.1) is 0 Å². The predicted molar refractivity (Wildman–Crippen MR) is 132 cm³/mol. The maximum Gasteiger partial charge on any atom is 0.261 e. The molecule has 2 N–H and O–H groups in total. The molecule has 182 valence electrons. The molecule has 0 atom stereocenters. The van der Waals surface area contributed by atoms with Crippen LogP contribution in [0.3, 0.4) is 0 Å². The molecule has 2 aliphatic rings. The third-order valence-electron chi connectivity index (χ3n) is 6.69. The average Bonchev–Trinajstić information content (AvgIpc) is 2.86. The van der Waals surface area contributed by atoms with Gasteiger partial charge in [0, 0.05) is 36.8 Å². The smallest absolute Gasteiger partial charge is 0.261 e. The number of aryl methyl sites for hydroxylation is 2. The van der Waals surface area contributed by atoms with E-state index in [1.165, 1.54) is 5.56 Å². The zero-order valence-electron chi connectivity index (χ0n) is 19.7. The van der Waals surface area contributed by atoms with Crippen molar-refractivity contribution in [1.29, 1.82) is 0 Å². The highest BCUT2D eigenvalue weighted by Gasteiger charge is 2.28. The third kappa shape index (κ3) is 5.60. The average molecular weight is 484 g/mol. The van der Waals surface area contributed by atoms with Crippen molar-refractivity contribution in [2.24, 2.45) is 5.92 Å². The second-order valence-electron chi connectivity index (χ2n) is 9.18. The standard InChI is InChI=1S/C26H33N3O4S/c1-2-14-27-25(30)20-12-15-29(16-13-20)26(31)22-8-5-9-23(17-22)28-34(32,33)24-11-10-19-6-3-4-7-21(19)18-24/h5,8-11,17-18,20,28H,2-4,6-7,12-16H2,1H3,(H,27,30). The largest absolute Gasteiger partial charge is 0.356 e. The summed E-state index contributed by atoms with van der Waals surface area (Å²) in [7, 11) is -3.76. The highest BCUT2D eigenvalue weighted by molar-refractivity contribution is 7.92. The van der Waals surface area contributed by atoms with Gasteiger partial charge in [0.1, 0.15) is 0 Å². The highest BCUT2D eigenvalue weighted by atomic mass is 32.2. The molecule has 4 rings (SSSR count). The topological polar surface area (TPSA) is 95.6 Å². The van der Waals surface area contributed by atoms with E-state index in [9.17, 15) is 18.0 Å². The number of fused-ring (bicyclic) bond motifs is 1. The molecule has 2 aromatic carbocycles. The van der Waals surface area contributed by atoms with E-state index in [4.69, 9.17) is 0 Å². The van der Waals surface area contributed by atoms with Crippen LogP contribution in [0.2, 0.25) is 0 Å². The lowest BCUT2D eigenvalue weighted by Gasteiger charge is -2.31. The fraction of sp³-hybridized carbons (Fsp3) is 0.462. The molecule has 1 aliphatic heterocycles. The summed E-state index contributed by atoms with van der Waals surface area (Å²) >= 11 is 0. The highest BCUT2D eigenvalue weighted by Crippen LogP contribution is 2.26. The van der Waals surface area contributed by atoms with E-state index in [1.807, 2.05) is 13.0 Å².